The molecule has 0 N–H and O–H groups in total. The van der Waals surface area contributed by atoms with Crippen molar-refractivity contribution in [2.45, 2.75) is 26.7 Å². The monoisotopic (exact) mass is 222 g/mol. The minimum atomic E-state index is 0.787. The molecule has 1 nitrogen and oxygen atoms in total. The highest BCUT2D eigenvalue weighted by molar-refractivity contribution is 9.09. The minimum absolute atomic E-state index is 0.787. The van der Waals surface area contributed by atoms with Crippen molar-refractivity contribution in [3.05, 3.63) is 0 Å². The number of methoxy groups -OCH3 is 1. The average molecular weight is 223 g/mol. The summed E-state index contributed by atoms with van der Waals surface area (Å²) < 4.78 is 5.03. The van der Waals surface area contributed by atoms with Crippen LogP contribution >= 0.6 is 15.9 Å². The molecule has 0 radical (unpaired) electrons. The molecular formula is C9H19BrO. The van der Waals surface area contributed by atoms with E-state index in [0.717, 1.165) is 23.8 Å². The number of hydrogen-bond acceptors (Lipinski definition) is 1. The van der Waals surface area contributed by atoms with Gasteiger partial charge in [-0.05, 0) is 24.7 Å². The zero-order chi connectivity index (χ0) is 8.69. The first kappa shape index (κ1) is 11.4. The number of halogens is 1. The molecule has 0 aliphatic rings. The Labute approximate surface area is 78.6 Å². The summed E-state index contributed by atoms with van der Waals surface area (Å²) in [5.41, 5.74) is 0. The number of ether oxygens (including phenoxy) is 1. The van der Waals surface area contributed by atoms with E-state index in [4.69, 9.17) is 4.74 Å². The molecule has 0 saturated carbocycles. The van der Waals surface area contributed by atoms with E-state index in [1.807, 2.05) is 0 Å². The van der Waals surface area contributed by atoms with Crippen LogP contribution in [0.3, 0.4) is 0 Å². The summed E-state index contributed by atoms with van der Waals surface area (Å²) in [6.45, 7) is 5.42. The van der Waals surface area contributed by atoms with Crippen molar-refractivity contribution in [2.75, 3.05) is 19.0 Å². The summed E-state index contributed by atoms with van der Waals surface area (Å²) in [4.78, 5) is 0. The topological polar surface area (TPSA) is 9.23 Å². The second kappa shape index (κ2) is 7.11. The Hall–Kier alpha value is 0.440. The molecule has 0 saturated heterocycles. The van der Waals surface area contributed by atoms with Crippen LogP contribution in [0.25, 0.3) is 0 Å². The Balaban J connectivity index is 3.41. The molecule has 0 bridgehead atoms. The minimum Gasteiger partial charge on any atom is -0.385 e. The molecule has 0 rings (SSSR count). The van der Waals surface area contributed by atoms with E-state index in [1.165, 1.54) is 12.8 Å². The summed E-state index contributed by atoms with van der Waals surface area (Å²) in [5, 5.41) is 1.11. The third-order valence-electron chi connectivity index (χ3n) is 1.75. The third-order valence-corrected chi connectivity index (χ3v) is 2.67. The highest BCUT2D eigenvalue weighted by atomic mass is 79.9. The van der Waals surface area contributed by atoms with Crippen LogP contribution in [-0.2, 0) is 4.74 Å². The number of hydrogen-bond donors (Lipinski definition) is 0. The van der Waals surface area contributed by atoms with Crippen molar-refractivity contribution in [3.63, 3.8) is 0 Å². The molecule has 0 spiro atoms. The van der Waals surface area contributed by atoms with E-state index in [9.17, 15) is 0 Å². The summed E-state index contributed by atoms with van der Waals surface area (Å²) in [5.74, 6) is 1.59. The van der Waals surface area contributed by atoms with E-state index in [0.29, 0.717) is 0 Å². The summed E-state index contributed by atoms with van der Waals surface area (Å²) >= 11 is 3.52. The summed E-state index contributed by atoms with van der Waals surface area (Å²) in [7, 11) is 1.76. The first-order valence-electron chi connectivity index (χ1n) is 4.25. The maximum absolute atomic E-state index is 5.03. The second-order valence-electron chi connectivity index (χ2n) is 3.43. The van der Waals surface area contributed by atoms with Gasteiger partial charge < -0.3 is 4.74 Å². The molecular weight excluding hydrogens is 204 g/mol. The zero-order valence-electron chi connectivity index (χ0n) is 7.77. The van der Waals surface area contributed by atoms with Gasteiger partial charge in [-0.3, -0.25) is 0 Å². The van der Waals surface area contributed by atoms with Gasteiger partial charge in [0.05, 0.1) is 0 Å². The Morgan fingerprint density at radius 3 is 2.36 bits per heavy atom. The first-order chi connectivity index (χ1) is 5.20. The van der Waals surface area contributed by atoms with Crippen molar-refractivity contribution < 1.29 is 4.74 Å². The van der Waals surface area contributed by atoms with Crippen molar-refractivity contribution >= 4 is 15.9 Å². The lowest BCUT2D eigenvalue weighted by molar-refractivity contribution is 0.176. The summed E-state index contributed by atoms with van der Waals surface area (Å²) in [6, 6.07) is 0. The fraction of sp³-hybridized carbons (Fsp3) is 1.00. The van der Waals surface area contributed by atoms with Gasteiger partial charge in [-0.25, -0.2) is 0 Å². The van der Waals surface area contributed by atoms with Gasteiger partial charge in [0.2, 0.25) is 0 Å². The molecule has 0 aromatic rings. The van der Waals surface area contributed by atoms with Crippen molar-refractivity contribution in [2.24, 2.45) is 11.8 Å². The molecule has 11 heavy (non-hydrogen) atoms. The van der Waals surface area contributed by atoms with E-state index in [2.05, 4.69) is 29.8 Å². The maximum Gasteiger partial charge on any atom is 0.0465 e. The summed E-state index contributed by atoms with van der Waals surface area (Å²) in [6.07, 6.45) is 2.48. The molecule has 0 fully saturated rings. The van der Waals surface area contributed by atoms with Gasteiger partial charge >= 0.3 is 0 Å². The Bertz CT molecular complexity index is 83.6. The zero-order valence-corrected chi connectivity index (χ0v) is 9.36. The van der Waals surface area contributed by atoms with Crippen LogP contribution in [0.4, 0.5) is 0 Å². The standard InChI is InChI=1S/C9H19BrO/c1-8(2)6-9(7-10)4-5-11-3/h8-9H,4-7H2,1-3H3. The van der Waals surface area contributed by atoms with Gasteiger partial charge in [0.25, 0.3) is 0 Å². The predicted molar refractivity (Wildman–Crippen MR) is 53.2 cm³/mol. The molecule has 0 aromatic heterocycles. The van der Waals surface area contributed by atoms with E-state index in [1.54, 1.807) is 7.11 Å². The lowest BCUT2D eigenvalue weighted by atomic mass is 9.96. The van der Waals surface area contributed by atoms with E-state index >= 15 is 0 Å². The SMILES string of the molecule is COCCC(CBr)CC(C)C. The fourth-order valence-electron chi connectivity index (χ4n) is 1.21. The molecule has 2 heteroatoms. The van der Waals surface area contributed by atoms with Gasteiger partial charge in [0.15, 0.2) is 0 Å². The molecule has 68 valence electrons. The smallest absolute Gasteiger partial charge is 0.0465 e. The van der Waals surface area contributed by atoms with Crippen LogP contribution in [0, 0.1) is 11.8 Å². The normalized spacial score (nSPS) is 13.9. The molecule has 0 aliphatic carbocycles. The molecule has 1 atom stereocenters. The maximum atomic E-state index is 5.03. The quantitative estimate of drug-likeness (QED) is 0.629. The van der Waals surface area contributed by atoms with Crippen molar-refractivity contribution in [1.82, 2.24) is 0 Å². The molecule has 0 amide bonds. The molecule has 0 heterocycles. The molecule has 1 unspecified atom stereocenters. The van der Waals surface area contributed by atoms with Crippen LogP contribution in [0.1, 0.15) is 26.7 Å². The highest BCUT2D eigenvalue weighted by Gasteiger charge is 2.08. The van der Waals surface area contributed by atoms with Gasteiger partial charge in [-0.2, -0.15) is 0 Å². The Morgan fingerprint density at radius 1 is 1.36 bits per heavy atom. The number of rotatable bonds is 6. The Kier molecular flexibility index (Phi) is 7.39. The number of alkyl halides is 1. The van der Waals surface area contributed by atoms with Crippen molar-refractivity contribution in [3.8, 4) is 0 Å². The van der Waals surface area contributed by atoms with Crippen LogP contribution in [0.15, 0.2) is 0 Å². The lowest BCUT2D eigenvalue weighted by Gasteiger charge is -2.15. The Morgan fingerprint density at radius 2 is 2.00 bits per heavy atom. The van der Waals surface area contributed by atoms with Gasteiger partial charge in [-0.15, -0.1) is 0 Å². The third kappa shape index (κ3) is 6.82. The first-order valence-corrected chi connectivity index (χ1v) is 5.37. The van der Waals surface area contributed by atoms with E-state index in [-0.39, 0.29) is 0 Å². The van der Waals surface area contributed by atoms with Crippen LogP contribution in [0.2, 0.25) is 0 Å². The van der Waals surface area contributed by atoms with Crippen LogP contribution < -0.4 is 0 Å². The second-order valence-corrected chi connectivity index (χ2v) is 4.08. The molecule has 0 aliphatic heterocycles. The van der Waals surface area contributed by atoms with Gasteiger partial charge in [0.1, 0.15) is 0 Å². The lowest BCUT2D eigenvalue weighted by Crippen LogP contribution is -2.08. The van der Waals surface area contributed by atoms with Gasteiger partial charge in [0, 0.05) is 19.0 Å². The highest BCUT2D eigenvalue weighted by Crippen LogP contribution is 2.17. The predicted octanol–water partition coefficient (Wildman–Crippen LogP) is 3.08. The fourth-order valence-corrected chi connectivity index (χ4v) is 1.80. The van der Waals surface area contributed by atoms with Crippen molar-refractivity contribution in [1.29, 1.82) is 0 Å². The van der Waals surface area contributed by atoms with Crippen LogP contribution in [0.5, 0.6) is 0 Å². The largest absolute Gasteiger partial charge is 0.385 e. The average Bonchev–Trinajstić information content (AvgIpc) is 1.97. The van der Waals surface area contributed by atoms with E-state index < -0.39 is 0 Å². The van der Waals surface area contributed by atoms with Gasteiger partial charge in [-0.1, -0.05) is 29.8 Å². The molecule has 0 aromatic carbocycles. The van der Waals surface area contributed by atoms with Crippen LogP contribution in [-0.4, -0.2) is 19.0 Å².